The van der Waals surface area contributed by atoms with Crippen molar-refractivity contribution in [3.63, 3.8) is 0 Å². The van der Waals surface area contributed by atoms with Crippen molar-refractivity contribution in [3.8, 4) is 0 Å². The number of carboxylic acids is 2. The largest absolute Gasteiger partial charge is 0.480 e. The van der Waals surface area contributed by atoms with Gasteiger partial charge >= 0.3 is 11.9 Å². The highest BCUT2D eigenvalue weighted by Crippen LogP contribution is 2.41. The zero-order chi connectivity index (χ0) is 65.2. The minimum Gasteiger partial charge on any atom is -0.480 e. The monoisotopic (exact) mass is 1340 g/mol. The number of carboxylic acid groups (broad SMARTS) is 2. The number of aliphatic hydroxyl groups is 19. The van der Waals surface area contributed by atoms with E-state index in [1.807, 2.05) is 0 Å². The van der Waals surface area contributed by atoms with Gasteiger partial charge in [-0.1, -0.05) is 0 Å². The van der Waals surface area contributed by atoms with Crippen molar-refractivity contribution >= 4 is 35.5 Å². The summed E-state index contributed by atoms with van der Waals surface area (Å²) < 4.78 is 76.5. The van der Waals surface area contributed by atoms with Gasteiger partial charge in [-0.15, -0.1) is 0 Å². The Balaban J connectivity index is 1.11. The first-order valence-electron chi connectivity index (χ1n) is 28.4. The standard InChI is InChI=1S/C49H82N2O36S2/c50-12(42(71)72)7-88-9-19-40-27(63)33(69)48(80-19)85-39-18(6-56)78-46(31(67)25(39)61)83-36-16(4-54)77-45(30(66)24(36)60)84-37-17(5-55)79-47(32(68)26(37)62)87-41-20(10-89-8-13(51)43(73)74)81-49(34(70)28(41)64)86-38-15(3-53)76-44(29(65)23(38)59)82-35-11(2-52)1-14(75-40)21(57)22(35)58/h11-41,44-49,52-70H,1-10,50-51H2,(H,71,72)(H,73,74)/t11?,12-,13-,14-,15?,16?,17?,18?,19?,20?,21?,22-,23-,24-,25-,26-,27-,28-,29?,30?,31?,32?,33?,34?,35-,36-,37-,38-,39-,40-,41-,44+,45-,46-,47-,48+,49-/m1/s1. The topological polar surface area (TPSA) is 631 Å². The molecule has 0 aromatic heterocycles. The maximum absolute atomic E-state index is 11.8. The lowest BCUT2D eigenvalue weighted by molar-refractivity contribution is -0.395. The quantitative estimate of drug-likeness (QED) is 0.0724. The average Bonchev–Trinajstić information content (AvgIpc) is 0.983. The van der Waals surface area contributed by atoms with Crippen molar-refractivity contribution in [3.05, 3.63) is 0 Å². The summed E-state index contributed by atoms with van der Waals surface area (Å²) in [5.41, 5.74) is 11.4. The Bertz CT molecular complexity index is 2200. The highest BCUT2D eigenvalue weighted by Gasteiger charge is 2.59. The Morgan fingerprint density at radius 2 is 0.562 bits per heavy atom. The van der Waals surface area contributed by atoms with Crippen LogP contribution in [0.25, 0.3) is 0 Å². The molecule has 25 N–H and O–H groups in total. The molecule has 38 nitrogen and oxygen atoms in total. The Morgan fingerprint density at radius 1 is 0.326 bits per heavy atom. The number of hydrogen-bond acceptors (Lipinski definition) is 38. The predicted octanol–water partition coefficient (Wildman–Crippen LogP) is -14.3. The number of ether oxygens (including phenoxy) is 13. The maximum atomic E-state index is 11.8. The van der Waals surface area contributed by atoms with Crippen LogP contribution >= 0.6 is 23.5 Å². The van der Waals surface area contributed by atoms with Crippen LogP contribution in [0.5, 0.6) is 0 Å². The molecule has 1 aliphatic carbocycles. The fraction of sp³-hybridized carbons (Fsp3) is 0.959. The van der Waals surface area contributed by atoms with E-state index in [1.165, 1.54) is 0 Å². The first-order valence-corrected chi connectivity index (χ1v) is 30.7. The average molecular weight is 1340 g/mol. The van der Waals surface area contributed by atoms with E-state index in [0.717, 1.165) is 23.5 Å². The molecule has 89 heavy (non-hydrogen) atoms. The summed E-state index contributed by atoms with van der Waals surface area (Å²) in [6.07, 6.45) is -68.1. The second kappa shape index (κ2) is 31.9. The number of hydrogen-bond donors (Lipinski definition) is 23. The van der Waals surface area contributed by atoms with Crippen molar-refractivity contribution in [2.75, 3.05) is 56.0 Å². The highest BCUT2D eigenvalue weighted by molar-refractivity contribution is 7.99. The number of thioether (sulfide) groups is 2. The summed E-state index contributed by atoms with van der Waals surface area (Å²) in [7, 11) is 0. The summed E-state index contributed by atoms with van der Waals surface area (Å²) in [5, 5.41) is 234. The summed E-state index contributed by atoms with van der Waals surface area (Å²) in [4.78, 5) is 23.2. The molecule has 21 aliphatic rings. The lowest BCUT2D eigenvalue weighted by Crippen LogP contribution is -2.68. The van der Waals surface area contributed by atoms with E-state index in [0.29, 0.717) is 0 Å². The van der Waals surface area contributed by atoms with E-state index < -0.39 is 278 Å². The molecule has 21 rings (SSSR count). The van der Waals surface area contributed by atoms with Crippen molar-refractivity contribution in [1.82, 2.24) is 0 Å². The van der Waals surface area contributed by atoms with E-state index in [4.69, 9.17) is 73.0 Å². The molecule has 14 bridgehead atoms. The minimum absolute atomic E-state index is 0.288. The van der Waals surface area contributed by atoms with E-state index in [9.17, 15) is 117 Å². The van der Waals surface area contributed by atoms with Crippen LogP contribution in [0.2, 0.25) is 0 Å². The van der Waals surface area contributed by atoms with Gasteiger partial charge in [-0.3, -0.25) is 9.59 Å². The molecule has 0 aromatic carbocycles. The summed E-state index contributed by atoms with van der Waals surface area (Å²) in [5.74, 6) is -5.41. The van der Waals surface area contributed by atoms with Gasteiger partial charge < -0.3 is 180 Å². The molecule has 0 spiro atoms. The van der Waals surface area contributed by atoms with Gasteiger partial charge in [-0.05, 0) is 6.42 Å². The minimum atomic E-state index is -2.25. The van der Waals surface area contributed by atoms with Gasteiger partial charge in [0.1, 0.15) is 159 Å². The zero-order valence-electron chi connectivity index (χ0n) is 46.9. The van der Waals surface area contributed by atoms with Crippen molar-refractivity contribution in [2.45, 2.75) is 227 Å². The lowest BCUT2D eigenvalue weighted by atomic mass is 9.80. The molecule has 20 heterocycles. The van der Waals surface area contributed by atoms with E-state index in [1.54, 1.807) is 0 Å². The highest BCUT2D eigenvalue weighted by atomic mass is 32.2. The van der Waals surface area contributed by atoms with E-state index in [2.05, 4.69) is 0 Å². The molecule has 20 aliphatic heterocycles. The fourth-order valence-corrected chi connectivity index (χ4v) is 13.7. The van der Waals surface area contributed by atoms with Crippen LogP contribution in [0.3, 0.4) is 0 Å². The predicted molar refractivity (Wildman–Crippen MR) is 283 cm³/mol. The van der Waals surface area contributed by atoms with E-state index >= 15 is 0 Å². The van der Waals surface area contributed by atoms with Gasteiger partial charge in [0, 0.05) is 35.5 Å². The second-order valence-corrected chi connectivity index (χ2v) is 24.9. The number of aliphatic hydroxyl groups excluding tert-OH is 19. The van der Waals surface area contributed by atoms with Crippen LogP contribution in [0, 0.1) is 5.92 Å². The molecule has 40 heteroatoms. The summed E-state index contributed by atoms with van der Waals surface area (Å²) in [6, 6.07) is -2.90. The van der Waals surface area contributed by atoms with Gasteiger partial charge in [0.15, 0.2) is 37.7 Å². The molecule has 20 saturated heterocycles. The third-order valence-corrected chi connectivity index (χ3v) is 19.1. The first kappa shape index (κ1) is 73.1. The van der Waals surface area contributed by atoms with Gasteiger partial charge in [0.05, 0.1) is 50.8 Å². The van der Waals surface area contributed by atoms with Gasteiger partial charge in [-0.2, -0.15) is 23.5 Å². The van der Waals surface area contributed by atoms with Crippen molar-refractivity contribution in [2.24, 2.45) is 17.4 Å². The SMILES string of the molecule is N[C@H](CSCC1O[C@@H]2O[C@@H]3C(CO)O[C@@H](O[C@@H]4C(CO)C[C@@H](O[C@@H]5C(CSC[C@@H](N)C(=O)O)O[C@@H](O[C@@H]6C(CO)O[C@H](O[C@@H]7C(CO)O[C@H](O[C@@H]8C(CO)O[C@H](O[C@H]1[C@H](O)C2O)C(O)[C@H]8O)C(O)[C@H]7O)C(O)[C@H]6O)C(O)[C@H]5O)C(O)[C@H]4O)C(O)[C@H]3O)C(=O)O. The molecular formula is C49H82N2O36S2. The van der Waals surface area contributed by atoms with Crippen LogP contribution in [0.4, 0.5) is 0 Å². The molecule has 0 aromatic rings. The number of carbonyl (C=O) groups is 2. The Hall–Kier alpha value is -1.72. The molecule has 0 amide bonds. The molecule has 1 saturated carbocycles. The maximum Gasteiger partial charge on any atom is 0.321 e. The number of nitrogens with two attached hydrogens (primary N) is 2. The third-order valence-electron chi connectivity index (χ3n) is 16.7. The normalized spacial score (nSPS) is 50.1. The number of aliphatic carboxylic acids is 2. The summed E-state index contributed by atoms with van der Waals surface area (Å²) in [6.45, 7) is -5.15. The fourth-order valence-electron chi connectivity index (χ4n) is 11.6. The molecule has 516 valence electrons. The summed E-state index contributed by atoms with van der Waals surface area (Å²) >= 11 is 1.65. The zero-order valence-corrected chi connectivity index (χ0v) is 48.6. The third kappa shape index (κ3) is 15.9. The molecule has 0 radical (unpaired) electrons. The molecule has 14 unspecified atom stereocenters. The van der Waals surface area contributed by atoms with Crippen molar-refractivity contribution < 1.29 is 178 Å². The van der Waals surface area contributed by atoms with Crippen LogP contribution in [0.15, 0.2) is 0 Å². The second-order valence-electron chi connectivity index (χ2n) is 22.7. The van der Waals surface area contributed by atoms with Crippen molar-refractivity contribution in [1.29, 1.82) is 0 Å². The van der Waals surface area contributed by atoms with Gasteiger partial charge in [0.2, 0.25) is 0 Å². The molecule has 37 atom stereocenters. The van der Waals surface area contributed by atoms with Gasteiger partial charge in [-0.25, -0.2) is 0 Å². The first-order chi connectivity index (χ1) is 42.2. The van der Waals surface area contributed by atoms with E-state index in [-0.39, 0.29) is 23.0 Å². The Kier molecular flexibility index (Phi) is 26.2. The van der Waals surface area contributed by atoms with Crippen LogP contribution < -0.4 is 11.5 Å². The molecular weight excluding hydrogens is 1260 g/mol. The number of rotatable bonds is 15. The van der Waals surface area contributed by atoms with Gasteiger partial charge in [0.25, 0.3) is 0 Å². The smallest absolute Gasteiger partial charge is 0.321 e. The lowest BCUT2D eigenvalue weighted by Gasteiger charge is -2.50. The Morgan fingerprint density at radius 3 is 0.820 bits per heavy atom. The molecule has 21 fully saturated rings. The van der Waals surface area contributed by atoms with Crippen LogP contribution in [-0.2, 0) is 71.2 Å². The van der Waals surface area contributed by atoms with Crippen LogP contribution in [-0.4, -0.2) is 396 Å². The van der Waals surface area contributed by atoms with Crippen LogP contribution in [0.1, 0.15) is 6.42 Å². The Labute approximate surface area is 513 Å².